The average molecular weight is 434 g/mol. The number of hydrogen-bond donors (Lipinski definition) is 0. The van der Waals surface area contributed by atoms with Crippen LogP contribution in [-0.4, -0.2) is 52.4 Å². The van der Waals surface area contributed by atoms with Crippen molar-refractivity contribution < 1.29 is 19.0 Å². The highest BCUT2D eigenvalue weighted by molar-refractivity contribution is 5.85. The van der Waals surface area contributed by atoms with Crippen molar-refractivity contribution in [1.29, 1.82) is 0 Å². The van der Waals surface area contributed by atoms with Crippen LogP contribution in [0.4, 0.5) is 0 Å². The van der Waals surface area contributed by atoms with E-state index in [0.717, 1.165) is 41.3 Å². The Kier molecular flexibility index (Phi) is 5.33. The van der Waals surface area contributed by atoms with Crippen molar-refractivity contribution in [3.63, 3.8) is 0 Å². The zero-order valence-electron chi connectivity index (χ0n) is 18.4. The molecule has 32 heavy (non-hydrogen) atoms. The second kappa shape index (κ2) is 8.30. The van der Waals surface area contributed by atoms with Crippen LogP contribution in [0.2, 0.25) is 0 Å². The summed E-state index contributed by atoms with van der Waals surface area (Å²) in [6.45, 7) is 5.36. The molecule has 0 unspecified atom stereocenters. The number of para-hydroxylation sites is 1. The zero-order chi connectivity index (χ0) is 22.1. The molecule has 1 fully saturated rings. The third kappa shape index (κ3) is 4.20. The minimum Gasteiger partial charge on any atom is -0.483 e. The monoisotopic (exact) mass is 433 g/mol. The van der Waals surface area contributed by atoms with Gasteiger partial charge in [0.1, 0.15) is 11.7 Å². The molecule has 2 aliphatic rings. The van der Waals surface area contributed by atoms with Crippen molar-refractivity contribution in [2.75, 3.05) is 19.7 Å². The molecule has 3 aromatic rings. The summed E-state index contributed by atoms with van der Waals surface area (Å²) in [6.07, 6.45) is 4.07. The maximum atomic E-state index is 12.7. The van der Waals surface area contributed by atoms with Gasteiger partial charge in [-0.3, -0.25) is 4.79 Å². The van der Waals surface area contributed by atoms with Gasteiger partial charge in [0.2, 0.25) is 5.88 Å². The molecule has 1 saturated heterocycles. The molecule has 1 aromatic heterocycles. The molecule has 0 aliphatic carbocycles. The van der Waals surface area contributed by atoms with E-state index in [4.69, 9.17) is 14.2 Å². The molecule has 0 atom stereocenters. The van der Waals surface area contributed by atoms with Crippen LogP contribution in [0.15, 0.2) is 48.7 Å². The van der Waals surface area contributed by atoms with Crippen LogP contribution in [0.5, 0.6) is 17.4 Å². The van der Waals surface area contributed by atoms with Crippen LogP contribution in [0, 0.1) is 0 Å². The van der Waals surface area contributed by atoms with E-state index in [0.29, 0.717) is 24.7 Å². The van der Waals surface area contributed by atoms with Gasteiger partial charge in [-0.2, -0.15) is 5.10 Å². The van der Waals surface area contributed by atoms with Gasteiger partial charge in [-0.05, 0) is 26.0 Å². The number of carbonyl (C=O) groups excluding carboxylic acids is 1. The number of fused-ring (bicyclic) bond motifs is 2. The Balaban J connectivity index is 1.15. The highest BCUT2D eigenvalue weighted by atomic mass is 16.5. The third-order valence-corrected chi connectivity index (χ3v) is 6.02. The lowest BCUT2D eigenvalue weighted by Crippen LogP contribution is -2.43. The largest absolute Gasteiger partial charge is 0.483 e. The summed E-state index contributed by atoms with van der Waals surface area (Å²) >= 11 is 0. The van der Waals surface area contributed by atoms with Gasteiger partial charge >= 0.3 is 0 Å². The van der Waals surface area contributed by atoms with Crippen molar-refractivity contribution >= 4 is 16.7 Å². The maximum absolute atomic E-state index is 12.7. The Morgan fingerprint density at radius 1 is 1.16 bits per heavy atom. The standard InChI is InChI=1S/C25H27N3O4/c1-25(2)14-17-7-5-9-21(23(17)32-25)30-16-22(29)28-12-10-19(11-13-28)31-24-20-8-4-3-6-18(20)15-26-27-24/h3-9,15,19H,10-14,16H2,1-2H3. The molecule has 3 heterocycles. The van der Waals surface area contributed by atoms with E-state index in [1.807, 2.05) is 47.4 Å². The fourth-order valence-electron chi connectivity index (χ4n) is 4.40. The van der Waals surface area contributed by atoms with Gasteiger partial charge in [-0.1, -0.05) is 30.3 Å². The summed E-state index contributed by atoms with van der Waals surface area (Å²) < 4.78 is 18.0. The van der Waals surface area contributed by atoms with Crippen LogP contribution in [0.25, 0.3) is 10.8 Å². The lowest BCUT2D eigenvalue weighted by molar-refractivity contribution is -0.135. The van der Waals surface area contributed by atoms with Crippen LogP contribution >= 0.6 is 0 Å². The Morgan fingerprint density at radius 3 is 2.81 bits per heavy atom. The third-order valence-electron chi connectivity index (χ3n) is 6.02. The van der Waals surface area contributed by atoms with Crippen LogP contribution < -0.4 is 14.2 Å². The summed E-state index contributed by atoms with van der Waals surface area (Å²) in [5, 5.41) is 10.2. The van der Waals surface area contributed by atoms with Gasteiger partial charge in [0, 0.05) is 48.7 Å². The van der Waals surface area contributed by atoms with E-state index in [9.17, 15) is 4.79 Å². The zero-order valence-corrected chi connectivity index (χ0v) is 18.4. The molecule has 7 heteroatoms. The number of aromatic nitrogens is 2. The first-order valence-corrected chi connectivity index (χ1v) is 11.1. The SMILES string of the molecule is CC1(C)Cc2cccc(OCC(=O)N3CCC(Oc4nncc5ccccc45)CC3)c2O1. The van der Waals surface area contributed by atoms with Gasteiger partial charge < -0.3 is 19.1 Å². The van der Waals surface area contributed by atoms with Gasteiger partial charge in [0.05, 0.1) is 6.20 Å². The fourth-order valence-corrected chi connectivity index (χ4v) is 4.40. The van der Waals surface area contributed by atoms with Crippen molar-refractivity contribution in [1.82, 2.24) is 15.1 Å². The highest BCUT2D eigenvalue weighted by Crippen LogP contribution is 2.41. The van der Waals surface area contributed by atoms with Crippen molar-refractivity contribution in [3.05, 3.63) is 54.2 Å². The molecule has 0 radical (unpaired) electrons. The first kappa shape index (κ1) is 20.5. The number of nitrogens with zero attached hydrogens (tertiary/aromatic N) is 3. The van der Waals surface area contributed by atoms with Crippen molar-refractivity contribution in [2.45, 2.75) is 44.8 Å². The number of benzene rings is 2. The molecule has 0 spiro atoms. The predicted molar refractivity (Wildman–Crippen MR) is 120 cm³/mol. The van der Waals surface area contributed by atoms with Crippen LogP contribution in [-0.2, 0) is 11.2 Å². The van der Waals surface area contributed by atoms with E-state index >= 15 is 0 Å². The van der Waals surface area contributed by atoms with Crippen molar-refractivity contribution in [2.24, 2.45) is 0 Å². The van der Waals surface area contributed by atoms with E-state index in [-0.39, 0.29) is 24.2 Å². The van der Waals surface area contributed by atoms with Gasteiger partial charge in [-0.25, -0.2) is 0 Å². The second-order valence-corrected chi connectivity index (χ2v) is 9.01. The first-order valence-electron chi connectivity index (χ1n) is 11.1. The molecule has 7 nitrogen and oxygen atoms in total. The number of carbonyl (C=O) groups is 1. The molecule has 0 saturated carbocycles. The number of hydrogen-bond acceptors (Lipinski definition) is 6. The topological polar surface area (TPSA) is 73.8 Å². The summed E-state index contributed by atoms with van der Waals surface area (Å²) in [4.78, 5) is 14.6. The molecule has 166 valence electrons. The average Bonchev–Trinajstić information content (AvgIpc) is 3.12. The molecular formula is C25H27N3O4. The number of amides is 1. The predicted octanol–water partition coefficient (Wildman–Crippen LogP) is 3.79. The molecule has 0 bridgehead atoms. The Labute approximate surface area is 187 Å². The highest BCUT2D eigenvalue weighted by Gasteiger charge is 2.32. The molecular weight excluding hydrogens is 406 g/mol. The van der Waals surface area contributed by atoms with E-state index in [2.05, 4.69) is 24.0 Å². The van der Waals surface area contributed by atoms with Crippen LogP contribution in [0.1, 0.15) is 32.3 Å². The van der Waals surface area contributed by atoms with Crippen LogP contribution in [0.3, 0.4) is 0 Å². The molecule has 1 amide bonds. The summed E-state index contributed by atoms with van der Waals surface area (Å²) in [5.74, 6) is 1.92. The minimum absolute atomic E-state index is 0.000560. The fraction of sp³-hybridized carbons (Fsp3) is 0.400. The van der Waals surface area contributed by atoms with E-state index < -0.39 is 0 Å². The Bertz CT molecular complexity index is 1130. The van der Waals surface area contributed by atoms with E-state index in [1.165, 1.54) is 0 Å². The number of likely N-dealkylation sites (tertiary alicyclic amines) is 1. The number of ether oxygens (including phenoxy) is 3. The molecule has 0 N–H and O–H groups in total. The smallest absolute Gasteiger partial charge is 0.260 e. The summed E-state index contributed by atoms with van der Waals surface area (Å²) in [5.41, 5.74) is 0.872. The molecule has 5 rings (SSSR count). The minimum atomic E-state index is -0.248. The number of piperidine rings is 1. The lowest BCUT2D eigenvalue weighted by atomic mass is 10.0. The maximum Gasteiger partial charge on any atom is 0.260 e. The quantitative estimate of drug-likeness (QED) is 0.610. The molecule has 2 aliphatic heterocycles. The lowest BCUT2D eigenvalue weighted by Gasteiger charge is -2.32. The molecule has 2 aromatic carbocycles. The first-order chi connectivity index (χ1) is 15.5. The summed E-state index contributed by atoms with van der Waals surface area (Å²) in [7, 11) is 0. The summed E-state index contributed by atoms with van der Waals surface area (Å²) in [6, 6.07) is 13.8. The number of rotatable bonds is 5. The van der Waals surface area contributed by atoms with Crippen molar-refractivity contribution in [3.8, 4) is 17.4 Å². The van der Waals surface area contributed by atoms with Gasteiger partial charge in [0.25, 0.3) is 5.91 Å². The Morgan fingerprint density at radius 2 is 1.97 bits per heavy atom. The normalized spacial score (nSPS) is 17.6. The van der Waals surface area contributed by atoms with E-state index in [1.54, 1.807) is 6.20 Å². The van der Waals surface area contributed by atoms with Gasteiger partial charge in [0.15, 0.2) is 18.1 Å². The second-order valence-electron chi connectivity index (χ2n) is 9.01. The van der Waals surface area contributed by atoms with Gasteiger partial charge in [-0.15, -0.1) is 5.10 Å². The Hall–Kier alpha value is -3.35.